The molecule has 1 aromatic heterocycles. The number of rotatable bonds is 0. The van der Waals surface area contributed by atoms with Gasteiger partial charge in [-0.1, -0.05) is 0 Å². The van der Waals surface area contributed by atoms with Crippen molar-refractivity contribution >= 4 is 11.6 Å². The molecule has 1 rings (SSSR count). The number of halogens is 1. The third-order valence-electron chi connectivity index (χ3n) is 0.687. The summed E-state index contributed by atoms with van der Waals surface area (Å²) in [6.45, 7) is 1.78. The molecule has 38 valence electrons. The maximum absolute atomic E-state index is 5.40. The van der Waals surface area contributed by atoms with Gasteiger partial charge < -0.3 is 4.42 Å². The van der Waals surface area contributed by atoms with Crippen LogP contribution in [0.1, 0.15) is 5.69 Å². The van der Waals surface area contributed by atoms with Crippen molar-refractivity contribution in [2.45, 2.75) is 6.92 Å². The Morgan fingerprint density at radius 3 is 2.71 bits per heavy atom. The van der Waals surface area contributed by atoms with Crippen LogP contribution in [0.3, 0.4) is 0 Å². The molecule has 0 saturated heterocycles. The normalized spacial score (nSPS) is 9.43. The van der Waals surface area contributed by atoms with E-state index in [0.29, 0.717) is 5.22 Å². The van der Waals surface area contributed by atoms with Gasteiger partial charge in [0.25, 0.3) is 0 Å². The molecule has 2 nitrogen and oxygen atoms in total. The largest absolute Gasteiger partial charge is 0.432 e. The molecule has 0 N–H and O–H groups in total. The molecule has 1 aromatic rings. The number of aromatic nitrogens is 1. The van der Waals surface area contributed by atoms with Crippen molar-refractivity contribution < 1.29 is 4.42 Å². The van der Waals surface area contributed by atoms with Crippen molar-refractivity contribution in [3.63, 3.8) is 0 Å². The Hall–Kier alpha value is -0.500. The molecular formula is C4H4ClNO. The van der Waals surface area contributed by atoms with Gasteiger partial charge in [-0.05, 0) is 18.5 Å². The minimum Gasteiger partial charge on any atom is -0.432 e. The standard InChI is InChI=1S/C4H4ClNO/c1-3-4(5)7-2-6-3/h2H,1H3. The fourth-order valence-electron chi connectivity index (χ4n) is 0.288. The lowest BCUT2D eigenvalue weighted by Gasteiger charge is -1.73. The number of hydrogen-bond donors (Lipinski definition) is 0. The van der Waals surface area contributed by atoms with Crippen molar-refractivity contribution in [2.75, 3.05) is 0 Å². The molecule has 3 heteroatoms. The monoisotopic (exact) mass is 117 g/mol. The highest BCUT2D eigenvalue weighted by molar-refractivity contribution is 6.29. The molecule has 0 amide bonds. The van der Waals surface area contributed by atoms with Crippen LogP contribution in [0.5, 0.6) is 0 Å². The Morgan fingerprint density at radius 1 is 1.86 bits per heavy atom. The number of aryl methyl sites for hydroxylation is 1. The summed E-state index contributed by atoms with van der Waals surface area (Å²) in [7, 11) is 0. The van der Waals surface area contributed by atoms with Gasteiger partial charge in [-0.3, -0.25) is 0 Å². The van der Waals surface area contributed by atoms with E-state index in [9.17, 15) is 0 Å². The molecule has 0 unspecified atom stereocenters. The molecule has 0 aliphatic heterocycles. The summed E-state index contributed by atoms with van der Waals surface area (Å²) in [5, 5.41) is 0.375. The number of oxazole rings is 1. The zero-order valence-electron chi connectivity index (χ0n) is 3.81. The summed E-state index contributed by atoms with van der Waals surface area (Å²) < 4.78 is 4.62. The van der Waals surface area contributed by atoms with E-state index in [1.807, 2.05) is 0 Å². The van der Waals surface area contributed by atoms with Crippen LogP contribution in [0.4, 0.5) is 0 Å². The second-order valence-electron chi connectivity index (χ2n) is 1.21. The maximum Gasteiger partial charge on any atom is 0.216 e. The van der Waals surface area contributed by atoms with Crippen LogP contribution in [-0.4, -0.2) is 4.98 Å². The van der Waals surface area contributed by atoms with E-state index in [4.69, 9.17) is 11.6 Å². The van der Waals surface area contributed by atoms with Gasteiger partial charge in [-0.15, -0.1) is 0 Å². The molecule has 0 radical (unpaired) electrons. The molecule has 0 atom stereocenters. The third kappa shape index (κ3) is 0.747. The lowest BCUT2D eigenvalue weighted by molar-refractivity contribution is 0.559. The van der Waals surface area contributed by atoms with Crippen LogP contribution in [0, 0.1) is 6.92 Å². The molecule has 0 aliphatic rings. The summed E-state index contributed by atoms with van der Waals surface area (Å²) >= 11 is 5.40. The molecular weight excluding hydrogens is 114 g/mol. The van der Waals surface area contributed by atoms with Crippen molar-refractivity contribution in [3.05, 3.63) is 17.3 Å². The average molecular weight is 118 g/mol. The predicted octanol–water partition coefficient (Wildman–Crippen LogP) is 1.64. The highest BCUT2D eigenvalue weighted by Crippen LogP contribution is 2.10. The molecule has 0 saturated carbocycles. The van der Waals surface area contributed by atoms with E-state index >= 15 is 0 Å². The molecule has 0 bridgehead atoms. The van der Waals surface area contributed by atoms with Crippen LogP contribution in [-0.2, 0) is 0 Å². The van der Waals surface area contributed by atoms with Gasteiger partial charge in [0.1, 0.15) is 0 Å². The molecule has 0 fully saturated rings. The first kappa shape index (κ1) is 4.65. The molecule has 0 spiro atoms. The first-order valence-corrected chi connectivity index (χ1v) is 2.24. The van der Waals surface area contributed by atoms with Crippen molar-refractivity contribution in [3.8, 4) is 0 Å². The van der Waals surface area contributed by atoms with Gasteiger partial charge in [0.15, 0.2) is 6.39 Å². The second-order valence-corrected chi connectivity index (χ2v) is 1.55. The van der Waals surface area contributed by atoms with Crippen molar-refractivity contribution in [1.29, 1.82) is 0 Å². The van der Waals surface area contributed by atoms with Crippen LogP contribution < -0.4 is 0 Å². The first-order chi connectivity index (χ1) is 3.30. The van der Waals surface area contributed by atoms with Gasteiger partial charge in [0, 0.05) is 0 Å². The first-order valence-electron chi connectivity index (χ1n) is 1.86. The second kappa shape index (κ2) is 1.54. The van der Waals surface area contributed by atoms with Crippen LogP contribution >= 0.6 is 11.6 Å². The van der Waals surface area contributed by atoms with Crippen molar-refractivity contribution in [2.24, 2.45) is 0 Å². The summed E-state index contributed by atoms with van der Waals surface area (Å²) in [5.41, 5.74) is 0.738. The molecule has 0 aromatic carbocycles. The zero-order valence-corrected chi connectivity index (χ0v) is 4.57. The van der Waals surface area contributed by atoms with Gasteiger partial charge in [0.05, 0.1) is 5.69 Å². The van der Waals surface area contributed by atoms with Crippen molar-refractivity contribution in [1.82, 2.24) is 4.98 Å². The minimum absolute atomic E-state index is 0.375. The van der Waals surface area contributed by atoms with E-state index in [0.717, 1.165) is 5.69 Å². The Morgan fingerprint density at radius 2 is 2.57 bits per heavy atom. The maximum atomic E-state index is 5.40. The van der Waals surface area contributed by atoms with E-state index in [2.05, 4.69) is 9.40 Å². The number of nitrogens with zero attached hydrogens (tertiary/aromatic N) is 1. The Bertz CT molecular complexity index is 144. The highest BCUT2D eigenvalue weighted by Gasteiger charge is 1.93. The Labute approximate surface area is 46.1 Å². The summed E-state index contributed by atoms with van der Waals surface area (Å²) in [6, 6.07) is 0. The average Bonchev–Trinajstić information content (AvgIpc) is 1.91. The van der Waals surface area contributed by atoms with Crippen LogP contribution in [0.15, 0.2) is 10.8 Å². The summed E-state index contributed by atoms with van der Waals surface area (Å²) in [6.07, 6.45) is 1.32. The minimum atomic E-state index is 0.375. The van der Waals surface area contributed by atoms with E-state index in [-0.39, 0.29) is 0 Å². The lowest BCUT2D eigenvalue weighted by atomic mass is 10.6. The quantitative estimate of drug-likeness (QED) is 0.516. The van der Waals surface area contributed by atoms with E-state index < -0.39 is 0 Å². The molecule has 0 aliphatic carbocycles. The zero-order chi connectivity index (χ0) is 5.28. The van der Waals surface area contributed by atoms with Crippen LogP contribution in [0.2, 0.25) is 5.22 Å². The predicted molar refractivity (Wildman–Crippen MR) is 26.2 cm³/mol. The van der Waals surface area contributed by atoms with E-state index in [1.165, 1.54) is 6.39 Å². The smallest absolute Gasteiger partial charge is 0.216 e. The Kier molecular flexibility index (Phi) is 1.02. The number of hydrogen-bond acceptors (Lipinski definition) is 2. The van der Waals surface area contributed by atoms with Gasteiger partial charge in [0.2, 0.25) is 5.22 Å². The fourth-order valence-corrected chi connectivity index (χ4v) is 0.376. The SMILES string of the molecule is Cc1ncoc1Cl. The molecule has 1 heterocycles. The van der Waals surface area contributed by atoms with Crippen LogP contribution in [0.25, 0.3) is 0 Å². The van der Waals surface area contributed by atoms with Gasteiger partial charge >= 0.3 is 0 Å². The summed E-state index contributed by atoms with van der Waals surface area (Å²) in [4.78, 5) is 3.72. The van der Waals surface area contributed by atoms with Gasteiger partial charge in [-0.25, -0.2) is 4.98 Å². The Balaban J connectivity index is 3.12. The fraction of sp³-hybridized carbons (Fsp3) is 0.250. The van der Waals surface area contributed by atoms with Gasteiger partial charge in [-0.2, -0.15) is 0 Å². The molecule has 7 heavy (non-hydrogen) atoms. The topological polar surface area (TPSA) is 26.0 Å². The third-order valence-corrected chi connectivity index (χ3v) is 1.05. The highest BCUT2D eigenvalue weighted by atomic mass is 35.5. The lowest BCUT2D eigenvalue weighted by Crippen LogP contribution is -1.64. The van der Waals surface area contributed by atoms with E-state index in [1.54, 1.807) is 6.92 Å². The summed E-state index contributed by atoms with van der Waals surface area (Å²) in [5.74, 6) is 0.